The number of aryl methyl sites for hydroxylation is 2. The number of oxime groups is 1. The molecule has 3 aromatic heterocycles. The highest BCUT2D eigenvalue weighted by Gasteiger charge is 2.20. The van der Waals surface area contributed by atoms with Gasteiger partial charge < -0.3 is 9.57 Å². The maximum atomic E-state index is 5.44. The molecule has 1 aliphatic carbocycles. The van der Waals surface area contributed by atoms with E-state index in [2.05, 4.69) is 15.2 Å². The van der Waals surface area contributed by atoms with Gasteiger partial charge in [0.1, 0.15) is 16.9 Å². The Balaban J connectivity index is 1.39. The van der Waals surface area contributed by atoms with E-state index in [1.165, 1.54) is 29.7 Å². The Morgan fingerprint density at radius 1 is 1.21 bits per heavy atom. The van der Waals surface area contributed by atoms with E-state index in [4.69, 9.17) is 14.6 Å². The van der Waals surface area contributed by atoms with Gasteiger partial charge in [0.15, 0.2) is 18.1 Å². The fraction of sp³-hybridized carbons (Fsp3) is 0.333. The van der Waals surface area contributed by atoms with Crippen LogP contribution in [-0.2, 0) is 24.3 Å². The third-order valence-corrected chi connectivity index (χ3v) is 6.38. The predicted octanol–water partition coefficient (Wildman–Crippen LogP) is 4.17. The summed E-state index contributed by atoms with van der Waals surface area (Å²) in [6, 6.07) is 7.64. The van der Waals surface area contributed by atoms with Crippen molar-refractivity contribution in [3.63, 3.8) is 0 Å². The number of fused-ring (bicyclic) bond motifs is 5. The van der Waals surface area contributed by atoms with E-state index in [9.17, 15) is 0 Å². The molecule has 1 aliphatic rings. The molecule has 0 N–H and O–H groups in total. The number of rotatable bonds is 5. The fourth-order valence-corrected chi connectivity index (χ4v) is 5.02. The van der Waals surface area contributed by atoms with E-state index < -0.39 is 0 Å². The van der Waals surface area contributed by atoms with Crippen LogP contribution in [0, 0.1) is 0 Å². The van der Waals surface area contributed by atoms with Crippen molar-refractivity contribution in [2.45, 2.75) is 38.7 Å². The van der Waals surface area contributed by atoms with Crippen LogP contribution in [0.15, 0.2) is 35.7 Å². The quantitative estimate of drug-likeness (QED) is 0.282. The van der Waals surface area contributed by atoms with Crippen LogP contribution < -0.4 is 4.74 Å². The number of hydrogen-bond acceptors (Lipinski definition) is 7. The van der Waals surface area contributed by atoms with Crippen molar-refractivity contribution in [1.29, 1.82) is 0 Å². The van der Waals surface area contributed by atoms with E-state index in [1.54, 1.807) is 35.5 Å². The largest absolute Gasteiger partial charge is 0.496 e. The van der Waals surface area contributed by atoms with Gasteiger partial charge in [0, 0.05) is 10.4 Å². The van der Waals surface area contributed by atoms with Crippen molar-refractivity contribution in [2.75, 3.05) is 7.11 Å². The average molecular weight is 407 g/mol. The molecule has 0 aliphatic heterocycles. The van der Waals surface area contributed by atoms with Gasteiger partial charge in [-0.15, -0.1) is 16.4 Å². The van der Waals surface area contributed by atoms with Crippen LogP contribution in [0.3, 0.4) is 0 Å². The highest BCUT2D eigenvalue weighted by atomic mass is 32.1. The first-order valence-corrected chi connectivity index (χ1v) is 10.6. The van der Waals surface area contributed by atoms with Gasteiger partial charge in [-0.25, -0.2) is 14.5 Å². The first kappa shape index (κ1) is 18.1. The average Bonchev–Trinajstić information content (AvgIpc) is 3.24. The maximum absolute atomic E-state index is 5.44. The van der Waals surface area contributed by atoms with Gasteiger partial charge in [0.2, 0.25) is 0 Å². The molecule has 5 rings (SSSR count). The molecule has 8 heteroatoms. The van der Waals surface area contributed by atoms with Crippen LogP contribution in [0.25, 0.3) is 15.9 Å². The fourth-order valence-electron chi connectivity index (χ4n) is 3.80. The van der Waals surface area contributed by atoms with Crippen molar-refractivity contribution in [3.05, 3.63) is 52.4 Å². The number of hydrogen-bond donors (Lipinski definition) is 0. The first-order valence-electron chi connectivity index (χ1n) is 9.76. The highest BCUT2D eigenvalue weighted by Crippen LogP contribution is 2.36. The van der Waals surface area contributed by atoms with E-state index in [0.717, 1.165) is 40.0 Å². The number of ether oxygens (including phenoxy) is 1. The second kappa shape index (κ2) is 7.79. The van der Waals surface area contributed by atoms with Crippen molar-refractivity contribution in [3.8, 4) is 5.75 Å². The molecule has 0 amide bonds. The topological polar surface area (TPSA) is 73.9 Å². The zero-order chi connectivity index (χ0) is 19.6. The molecule has 0 saturated carbocycles. The third-order valence-electron chi connectivity index (χ3n) is 5.18. The van der Waals surface area contributed by atoms with Gasteiger partial charge in [-0.05, 0) is 43.4 Å². The summed E-state index contributed by atoms with van der Waals surface area (Å²) in [6.07, 6.45) is 9.38. The molecule has 0 fully saturated rings. The normalized spacial score (nSPS) is 14.4. The molecule has 0 spiro atoms. The molecule has 0 atom stereocenters. The Bertz CT molecular complexity index is 1200. The Labute approximate surface area is 172 Å². The number of para-hydroxylation sites is 1. The van der Waals surface area contributed by atoms with Gasteiger partial charge >= 0.3 is 0 Å². The standard InChI is InChI=1S/C21H21N5O2S/c1-27-16-9-6-5-7-14(16)11-23-28-12-18-24-20-19-15-8-3-2-4-10-17(15)29-21(19)22-13-26(20)25-18/h5-7,9,11,13H,2-4,8,10,12H2,1H3/b23-11-. The van der Waals surface area contributed by atoms with E-state index in [0.29, 0.717) is 5.82 Å². The smallest absolute Gasteiger partial charge is 0.192 e. The highest BCUT2D eigenvalue weighted by molar-refractivity contribution is 7.19. The summed E-state index contributed by atoms with van der Waals surface area (Å²) in [5, 5.41) is 9.72. The van der Waals surface area contributed by atoms with Gasteiger partial charge in [0.05, 0.1) is 18.7 Å². The molecule has 7 nitrogen and oxygen atoms in total. The third kappa shape index (κ3) is 3.44. The number of benzene rings is 1. The van der Waals surface area contributed by atoms with Crippen molar-refractivity contribution >= 4 is 33.4 Å². The van der Waals surface area contributed by atoms with Crippen molar-refractivity contribution in [2.24, 2.45) is 5.16 Å². The van der Waals surface area contributed by atoms with Gasteiger partial charge in [-0.3, -0.25) is 0 Å². The van der Waals surface area contributed by atoms with Crippen LogP contribution in [0.1, 0.15) is 41.1 Å². The number of nitrogens with zero attached hydrogens (tertiary/aromatic N) is 5. The second-order valence-corrected chi connectivity index (χ2v) is 8.12. The second-order valence-electron chi connectivity index (χ2n) is 7.04. The molecule has 0 unspecified atom stereocenters. The molecule has 1 aromatic carbocycles. The van der Waals surface area contributed by atoms with Crippen LogP contribution in [-0.4, -0.2) is 32.9 Å². The number of aromatic nitrogens is 4. The monoisotopic (exact) mass is 407 g/mol. The van der Waals surface area contributed by atoms with E-state index in [1.807, 2.05) is 24.3 Å². The molecule has 3 heterocycles. The molecular weight excluding hydrogens is 386 g/mol. The van der Waals surface area contributed by atoms with Gasteiger partial charge in [-0.1, -0.05) is 23.7 Å². The minimum Gasteiger partial charge on any atom is -0.496 e. The van der Waals surface area contributed by atoms with Gasteiger partial charge in [-0.2, -0.15) is 0 Å². The lowest BCUT2D eigenvalue weighted by atomic mass is 10.1. The maximum Gasteiger partial charge on any atom is 0.192 e. The Kier molecular flexibility index (Phi) is 4.85. The van der Waals surface area contributed by atoms with Crippen LogP contribution >= 0.6 is 11.3 Å². The lowest BCUT2D eigenvalue weighted by molar-refractivity contribution is 0.126. The summed E-state index contributed by atoms with van der Waals surface area (Å²) in [5.74, 6) is 1.34. The van der Waals surface area contributed by atoms with Crippen molar-refractivity contribution in [1.82, 2.24) is 19.6 Å². The Morgan fingerprint density at radius 2 is 2.10 bits per heavy atom. The molecule has 29 heavy (non-hydrogen) atoms. The summed E-state index contributed by atoms with van der Waals surface area (Å²) in [6.45, 7) is 0.196. The van der Waals surface area contributed by atoms with Crippen LogP contribution in [0.5, 0.6) is 5.75 Å². The van der Waals surface area contributed by atoms with Gasteiger partial charge in [0.25, 0.3) is 0 Å². The van der Waals surface area contributed by atoms with E-state index in [-0.39, 0.29) is 6.61 Å². The first-order chi connectivity index (χ1) is 14.3. The summed E-state index contributed by atoms with van der Waals surface area (Å²) in [7, 11) is 1.63. The number of methoxy groups -OCH3 is 1. The minimum absolute atomic E-state index is 0.196. The van der Waals surface area contributed by atoms with Crippen molar-refractivity contribution < 1.29 is 9.57 Å². The summed E-state index contributed by atoms with van der Waals surface area (Å²) in [5.41, 5.74) is 3.13. The minimum atomic E-state index is 0.196. The molecule has 0 radical (unpaired) electrons. The zero-order valence-electron chi connectivity index (χ0n) is 16.2. The molecular formula is C21H21N5O2S. The Hall–Kier alpha value is -3.00. The summed E-state index contributed by atoms with van der Waals surface area (Å²) < 4.78 is 7.06. The summed E-state index contributed by atoms with van der Waals surface area (Å²) in [4.78, 5) is 17.3. The molecule has 0 saturated heterocycles. The Morgan fingerprint density at radius 3 is 3.03 bits per heavy atom. The molecule has 0 bridgehead atoms. The summed E-state index contributed by atoms with van der Waals surface area (Å²) >= 11 is 1.80. The van der Waals surface area contributed by atoms with E-state index >= 15 is 0 Å². The van der Waals surface area contributed by atoms with Crippen LogP contribution in [0.2, 0.25) is 0 Å². The lowest BCUT2D eigenvalue weighted by Crippen LogP contribution is -1.94. The van der Waals surface area contributed by atoms with Crippen LogP contribution in [0.4, 0.5) is 0 Å². The zero-order valence-corrected chi connectivity index (χ0v) is 17.0. The number of thiophene rings is 1. The predicted molar refractivity (Wildman–Crippen MR) is 113 cm³/mol. The SMILES string of the molecule is COc1ccccc1/C=N\OCc1nc2c3c4c(sc3ncn2n1)CCCCC4. The molecule has 4 aromatic rings. The molecule has 148 valence electrons. The lowest BCUT2D eigenvalue weighted by Gasteiger charge is -2.02.